The minimum absolute atomic E-state index is 0.0358. The van der Waals surface area contributed by atoms with Gasteiger partial charge in [-0.3, -0.25) is 4.79 Å². The predicted molar refractivity (Wildman–Crippen MR) is 107 cm³/mol. The van der Waals surface area contributed by atoms with Crippen molar-refractivity contribution in [2.45, 2.75) is 6.42 Å². The number of imidazole rings is 2. The molecule has 0 saturated heterocycles. The Morgan fingerprint density at radius 2 is 1.50 bits per heavy atom. The van der Waals surface area contributed by atoms with Crippen LogP contribution in [0.2, 0.25) is 0 Å². The normalized spacial score (nSPS) is 11.8. The molecule has 5 heterocycles. The Morgan fingerprint density at radius 1 is 0.750 bits per heavy atom. The number of pyridine rings is 2. The number of carbonyl (C=O) groups excluding carboxylic acids is 1. The second-order valence-corrected chi connectivity index (χ2v) is 5.93. The Balaban J connectivity index is 0.000000103. The van der Waals surface area contributed by atoms with Gasteiger partial charge in [0.05, 0.1) is 35.6 Å². The highest BCUT2D eigenvalue weighted by molar-refractivity contribution is 5.97. The molecule has 0 fully saturated rings. The van der Waals surface area contributed by atoms with E-state index < -0.39 is 0 Å². The molecule has 0 bridgehead atoms. The first-order chi connectivity index (χ1) is 13.8. The van der Waals surface area contributed by atoms with Gasteiger partial charge < -0.3 is 15.3 Å². The monoisotopic (exact) mass is 371 g/mol. The van der Waals surface area contributed by atoms with Crippen molar-refractivity contribution in [2.75, 3.05) is 5.32 Å². The number of hydrogen-bond acceptors (Lipinski definition) is 5. The first-order valence-corrected chi connectivity index (χ1v) is 8.65. The van der Waals surface area contributed by atoms with Crippen molar-refractivity contribution >= 4 is 33.9 Å². The van der Waals surface area contributed by atoms with Crippen LogP contribution < -0.4 is 5.32 Å². The van der Waals surface area contributed by atoms with Gasteiger partial charge in [0.2, 0.25) is 5.91 Å². The molecule has 0 radical (unpaired) electrons. The molecule has 3 N–H and O–H groups in total. The number of para-hydroxylation sites is 2. The zero-order valence-corrected chi connectivity index (χ0v) is 14.8. The molecule has 0 unspecified atom stereocenters. The van der Waals surface area contributed by atoms with E-state index in [2.05, 4.69) is 35.2 Å². The zero-order valence-electron chi connectivity index (χ0n) is 14.8. The fourth-order valence-corrected chi connectivity index (χ4v) is 2.70. The smallest absolute Gasteiger partial charge is 0.230 e. The van der Waals surface area contributed by atoms with E-state index in [1.807, 2.05) is 48.5 Å². The molecule has 4 aromatic heterocycles. The fraction of sp³-hybridized carbons (Fsp3) is 0.0500. The summed E-state index contributed by atoms with van der Waals surface area (Å²) < 4.78 is 0. The Kier molecular flexibility index (Phi) is 5.01. The summed E-state index contributed by atoms with van der Waals surface area (Å²) in [6.07, 6.45) is 7.21. The number of aromatic nitrogens is 6. The number of benzene rings is 1. The molecule has 1 aromatic carbocycles. The van der Waals surface area contributed by atoms with Crippen LogP contribution in [0.1, 0.15) is 5.56 Å². The lowest BCUT2D eigenvalue weighted by molar-refractivity contribution is -0.115. The molecule has 1 aliphatic rings. The van der Waals surface area contributed by atoms with Crippen LogP contribution in [-0.2, 0) is 11.2 Å². The number of hydrogen-bond donors (Lipinski definition) is 3. The lowest BCUT2D eigenvalue weighted by Crippen LogP contribution is -2.04. The minimum atomic E-state index is 0.0358. The molecular formula is C20H17N7O. The number of carbonyl (C=O) groups is 1. The quantitative estimate of drug-likeness (QED) is 0.387. The van der Waals surface area contributed by atoms with E-state index in [1.165, 1.54) is 0 Å². The molecule has 6 rings (SSSR count). The van der Waals surface area contributed by atoms with Crippen molar-refractivity contribution in [2.24, 2.45) is 0 Å². The van der Waals surface area contributed by atoms with E-state index in [0.29, 0.717) is 12.2 Å². The van der Waals surface area contributed by atoms with E-state index in [9.17, 15) is 4.79 Å². The highest BCUT2D eigenvalue weighted by atomic mass is 16.1. The summed E-state index contributed by atoms with van der Waals surface area (Å²) >= 11 is 0. The maximum atomic E-state index is 10.7. The van der Waals surface area contributed by atoms with Crippen molar-refractivity contribution in [1.29, 1.82) is 0 Å². The maximum absolute atomic E-state index is 10.7. The second kappa shape index (κ2) is 8.09. The van der Waals surface area contributed by atoms with Crippen LogP contribution in [0.5, 0.6) is 0 Å². The van der Waals surface area contributed by atoms with Gasteiger partial charge in [0.25, 0.3) is 0 Å². The van der Waals surface area contributed by atoms with Crippen molar-refractivity contribution in [3.05, 3.63) is 79.1 Å². The van der Waals surface area contributed by atoms with Gasteiger partial charge >= 0.3 is 0 Å². The van der Waals surface area contributed by atoms with Crippen LogP contribution in [0.4, 0.5) is 5.82 Å². The molecule has 0 spiro atoms. The summed E-state index contributed by atoms with van der Waals surface area (Å²) in [5, 5.41) is 2.65. The van der Waals surface area contributed by atoms with Gasteiger partial charge in [-0.25, -0.2) is 19.9 Å². The van der Waals surface area contributed by atoms with Crippen LogP contribution in [0, 0.1) is 0 Å². The molecular weight excluding hydrogens is 354 g/mol. The van der Waals surface area contributed by atoms with Gasteiger partial charge in [0, 0.05) is 18.0 Å². The van der Waals surface area contributed by atoms with Gasteiger partial charge in [0.15, 0.2) is 5.65 Å². The van der Waals surface area contributed by atoms with Crippen LogP contribution in [0.15, 0.2) is 73.6 Å². The zero-order chi connectivity index (χ0) is 19.2. The summed E-state index contributed by atoms with van der Waals surface area (Å²) in [7, 11) is 0. The first kappa shape index (κ1) is 17.3. The van der Waals surface area contributed by atoms with E-state index in [-0.39, 0.29) is 5.91 Å². The van der Waals surface area contributed by atoms with E-state index in [4.69, 9.17) is 0 Å². The molecule has 0 saturated carbocycles. The number of fused-ring (bicyclic) bond motifs is 3. The Labute approximate surface area is 160 Å². The lowest BCUT2D eigenvalue weighted by atomic mass is 10.2. The summed E-state index contributed by atoms with van der Waals surface area (Å²) in [6, 6.07) is 15.5. The summed E-state index contributed by atoms with van der Waals surface area (Å²) in [5.74, 6) is 0.751. The molecule has 8 nitrogen and oxygen atoms in total. The van der Waals surface area contributed by atoms with Gasteiger partial charge in [-0.05, 0) is 30.3 Å². The molecule has 138 valence electrons. The number of nitrogens with zero attached hydrogens (tertiary/aromatic N) is 4. The topological polar surface area (TPSA) is 112 Å². The standard InChI is InChI=1S/C7H6N2O.C7H6N2.C6H5N3/c10-6-4-5-2-1-3-8-7(5)9-6;1-2-4-7-6(3-1)8-5-9-7;1-2-5-6(7-3-1)9-4-8-5/h1-3H,4H2,(H,8,9,10);1-5H,(H,8,9);1-4H,(H,7,8,9). The molecule has 0 atom stereocenters. The third kappa shape index (κ3) is 4.01. The maximum Gasteiger partial charge on any atom is 0.230 e. The number of rotatable bonds is 0. The van der Waals surface area contributed by atoms with Crippen molar-refractivity contribution < 1.29 is 4.79 Å². The molecule has 1 amide bonds. The minimum Gasteiger partial charge on any atom is -0.345 e. The third-order valence-corrected chi connectivity index (χ3v) is 4.02. The third-order valence-electron chi connectivity index (χ3n) is 4.02. The number of aromatic amines is 2. The fourth-order valence-electron chi connectivity index (χ4n) is 2.70. The highest BCUT2D eigenvalue weighted by Crippen LogP contribution is 2.17. The van der Waals surface area contributed by atoms with Gasteiger partial charge in [-0.1, -0.05) is 18.2 Å². The number of anilines is 1. The van der Waals surface area contributed by atoms with Crippen LogP contribution >= 0.6 is 0 Å². The van der Waals surface area contributed by atoms with Crippen molar-refractivity contribution in [3.8, 4) is 0 Å². The number of H-pyrrole nitrogens is 2. The Bertz CT molecular complexity index is 1060. The van der Waals surface area contributed by atoms with Gasteiger partial charge in [-0.15, -0.1) is 0 Å². The summed E-state index contributed by atoms with van der Waals surface area (Å²) in [4.78, 5) is 32.7. The molecule has 1 aliphatic heterocycles. The first-order valence-electron chi connectivity index (χ1n) is 8.65. The molecule has 5 aromatic rings. The largest absolute Gasteiger partial charge is 0.345 e. The summed E-state index contributed by atoms with van der Waals surface area (Å²) in [6.45, 7) is 0. The predicted octanol–water partition coefficient (Wildman–Crippen LogP) is 3.10. The van der Waals surface area contributed by atoms with Crippen LogP contribution in [-0.4, -0.2) is 35.8 Å². The number of nitrogens with one attached hydrogen (secondary N) is 3. The number of amides is 1. The lowest BCUT2D eigenvalue weighted by Gasteiger charge is -1.91. The highest BCUT2D eigenvalue weighted by Gasteiger charge is 2.16. The molecule has 28 heavy (non-hydrogen) atoms. The van der Waals surface area contributed by atoms with Crippen LogP contribution in [0.3, 0.4) is 0 Å². The summed E-state index contributed by atoms with van der Waals surface area (Å²) in [5.41, 5.74) is 4.87. The van der Waals surface area contributed by atoms with Crippen LogP contribution in [0.25, 0.3) is 22.2 Å². The van der Waals surface area contributed by atoms with E-state index in [0.717, 1.165) is 27.8 Å². The van der Waals surface area contributed by atoms with Crippen molar-refractivity contribution in [1.82, 2.24) is 29.9 Å². The van der Waals surface area contributed by atoms with Gasteiger partial charge in [-0.2, -0.15) is 0 Å². The van der Waals surface area contributed by atoms with E-state index >= 15 is 0 Å². The Morgan fingerprint density at radius 3 is 2.36 bits per heavy atom. The average molecular weight is 371 g/mol. The average Bonchev–Trinajstić information content (AvgIpc) is 3.46. The van der Waals surface area contributed by atoms with Gasteiger partial charge in [0.1, 0.15) is 5.82 Å². The molecule has 8 heteroatoms. The van der Waals surface area contributed by atoms with E-state index in [1.54, 1.807) is 25.0 Å². The SMILES string of the molecule is O=C1Cc2cccnc2N1.c1ccc2[nH]cnc2c1.c1cnc2nc[nH]c2c1. The second-order valence-electron chi connectivity index (χ2n) is 5.93. The molecule has 0 aliphatic carbocycles. The Hall–Kier alpha value is -4.07. The van der Waals surface area contributed by atoms with Crippen molar-refractivity contribution in [3.63, 3.8) is 0 Å².